The van der Waals surface area contributed by atoms with Gasteiger partial charge in [0.05, 0.1) is 24.8 Å². The molecule has 1 aliphatic rings. The summed E-state index contributed by atoms with van der Waals surface area (Å²) in [5, 5.41) is 12.6. The first-order valence-electron chi connectivity index (χ1n) is 7.38. The van der Waals surface area contributed by atoms with Gasteiger partial charge in [-0.15, -0.1) is 0 Å². The molecule has 0 spiro atoms. The summed E-state index contributed by atoms with van der Waals surface area (Å²) in [6, 6.07) is 4.26. The molecule has 0 aliphatic heterocycles. The molecular formula is C16H22FNO3. The quantitative estimate of drug-likeness (QED) is 0.840. The van der Waals surface area contributed by atoms with E-state index in [1.807, 2.05) is 0 Å². The van der Waals surface area contributed by atoms with E-state index in [9.17, 15) is 14.3 Å². The van der Waals surface area contributed by atoms with Crippen LogP contribution in [0.25, 0.3) is 0 Å². The summed E-state index contributed by atoms with van der Waals surface area (Å²) in [5.41, 5.74) is -0.445. The molecule has 1 aromatic rings. The number of aliphatic hydroxyl groups is 1. The molecule has 1 amide bonds. The number of hydrogen-bond donors (Lipinski definition) is 2. The third-order valence-corrected chi connectivity index (χ3v) is 4.16. The fraction of sp³-hybridized carbons (Fsp3) is 0.562. The lowest BCUT2D eigenvalue weighted by Gasteiger charge is -2.32. The largest absolute Gasteiger partial charge is 0.493 e. The number of halogens is 1. The number of rotatable bonds is 4. The van der Waals surface area contributed by atoms with Crippen LogP contribution in [0.5, 0.6) is 5.75 Å². The lowest BCUT2D eigenvalue weighted by atomic mass is 9.90. The minimum absolute atomic E-state index is 0.0586. The van der Waals surface area contributed by atoms with Gasteiger partial charge >= 0.3 is 0 Å². The lowest BCUT2D eigenvalue weighted by Crippen LogP contribution is -2.51. The van der Waals surface area contributed by atoms with Crippen molar-refractivity contribution in [2.75, 3.05) is 13.7 Å². The Bertz CT molecular complexity index is 496. The van der Waals surface area contributed by atoms with E-state index in [1.165, 1.54) is 25.3 Å². The number of carbonyl (C=O) groups is 1. The predicted molar refractivity (Wildman–Crippen MR) is 77.9 cm³/mol. The zero-order chi connectivity index (χ0) is 15.3. The number of hydrogen-bond acceptors (Lipinski definition) is 3. The van der Waals surface area contributed by atoms with Crippen molar-refractivity contribution in [3.63, 3.8) is 0 Å². The smallest absolute Gasteiger partial charge is 0.255 e. The van der Waals surface area contributed by atoms with Gasteiger partial charge in [0.15, 0.2) is 11.6 Å². The van der Waals surface area contributed by atoms with Crippen molar-refractivity contribution in [2.24, 2.45) is 0 Å². The van der Waals surface area contributed by atoms with E-state index in [0.717, 1.165) is 38.5 Å². The summed E-state index contributed by atoms with van der Waals surface area (Å²) < 4.78 is 18.7. The Morgan fingerprint density at radius 3 is 2.57 bits per heavy atom. The monoisotopic (exact) mass is 295 g/mol. The molecule has 1 saturated carbocycles. The second kappa shape index (κ2) is 6.89. The van der Waals surface area contributed by atoms with Crippen LogP contribution in [0, 0.1) is 5.82 Å². The highest BCUT2D eigenvalue weighted by molar-refractivity contribution is 5.97. The minimum atomic E-state index is -0.606. The second-order valence-electron chi connectivity index (χ2n) is 5.63. The van der Waals surface area contributed by atoms with Crippen LogP contribution in [0.1, 0.15) is 48.9 Å². The number of nitrogens with one attached hydrogen (secondary N) is 1. The summed E-state index contributed by atoms with van der Waals surface area (Å²) in [6.45, 7) is -0.101. The van der Waals surface area contributed by atoms with Gasteiger partial charge in [0.1, 0.15) is 0 Å². The average Bonchev–Trinajstić information content (AvgIpc) is 2.73. The van der Waals surface area contributed by atoms with Gasteiger partial charge in [-0.05, 0) is 25.0 Å². The van der Waals surface area contributed by atoms with Gasteiger partial charge in [-0.2, -0.15) is 0 Å². The Balaban J connectivity index is 2.21. The Kier molecular flexibility index (Phi) is 5.17. The van der Waals surface area contributed by atoms with Crippen LogP contribution >= 0.6 is 0 Å². The number of carbonyl (C=O) groups excluding carboxylic acids is 1. The lowest BCUT2D eigenvalue weighted by molar-refractivity contribution is 0.0802. The minimum Gasteiger partial charge on any atom is -0.493 e. The summed E-state index contributed by atoms with van der Waals surface area (Å²) >= 11 is 0. The highest BCUT2D eigenvalue weighted by Gasteiger charge is 2.33. The molecule has 0 atom stereocenters. The molecule has 0 aromatic heterocycles. The molecule has 0 heterocycles. The number of methoxy groups -OCH3 is 1. The van der Waals surface area contributed by atoms with Gasteiger partial charge in [-0.1, -0.05) is 31.7 Å². The average molecular weight is 295 g/mol. The molecule has 0 unspecified atom stereocenters. The number of benzene rings is 1. The van der Waals surface area contributed by atoms with Gasteiger partial charge in [-0.25, -0.2) is 4.39 Å². The van der Waals surface area contributed by atoms with E-state index < -0.39 is 17.3 Å². The number of aliphatic hydroxyl groups excluding tert-OH is 1. The first-order chi connectivity index (χ1) is 10.1. The zero-order valence-electron chi connectivity index (χ0n) is 12.3. The van der Waals surface area contributed by atoms with E-state index in [4.69, 9.17) is 4.74 Å². The van der Waals surface area contributed by atoms with Crippen molar-refractivity contribution in [2.45, 2.75) is 44.1 Å². The Morgan fingerprint density at radius 1 is 1.33 bits per heavy atom. The Morgan fingerprint density at radius 2 is 2.00 bits per heavy atom. The molecular weight excluding hydrogens is 273 g/mol. The Hall–Kier alpha value is -1.62. The highest BCUT2D eigenvalue weighted by Crippen LogP contribution is 2.28. The van der Waals surface area contributed by atoms with E-state index in [1.54, 1.807) is 0 Å². The molecule has 0 saturated heterocycles. The molecule has 2 rings (SSSR count). The van der Waals surface area contributed by atoms with Crippen molar-refractivity contribution < 1.29 is 19.0 Å². The third-order valence-electron chi connectivity index (χ3n) is 4.16. The number of amides is 1. The molecule has 2 N–H and O–H groups in total. The fourth-order valence-electron chi connectivity index (χ4n) is 2.93. The van der Waals surface area contributed by atoms with E-state index in [-0.39, 0.29) is 17.9 Å². The van der Waals surface area contributed by atoms with Crippen molar-refractivity contribution in [3.05, 3.63) is 29.6 Å². The van der Waals surface area contributed by atoms with Crippen LogP contribution in [0.4, 0.5) is 4.39 Å². The van der Waals surface area contributed by atoms with Crippen LogP contribution in [-0.2, 0) is 0 Å². The van der Waals surface area contributed by atoms with Gasteiger partial charge in [-0.3, -0.25) is 4.79 Å². The summed E-state index contributed by atoms with van der Waals surface area (Å²) in [5.74, 6) is -1.02. The SMILES string of the molecule is COc1c(F)cccc1C(=O)NC1(CO)CCCCCC1. The molecule has 0 radical (unpaired) electrons. The van der Waals surface area contributed by atoms with Gasteiger partial charge in [0, 0.05) is 0 Å². The van der Waals surface area contributed by atoms with E-state index in [2.05, 4.69) is 5.32 Å². The van der Waals surface area contributed by atoms with Crippen LogP contribution < -0.4 is 10.1 Å². The molecule has 21 heavy (non-hydrogen) atoms. The number of para-hydroxylation sites is 1. The first kappa shape index (κ1) is 15.8. The van der Waals surface area contributed by atoms with Crippen molar-refractivity contribution in [1.82, 2.24) is 5.32 Å². The second-order valence-corrected chi connectivity index (χ2v) is 5.63. The number of ether oxygens (including phenoxy) is 1. The van der Waals surface area contributed by atoms with Crippen LogP contribution in [0.3, 0.4) is 0 Å². The van der Waals surface area contributed by atoms with Crippen molar-refractivity contribution in [1.29, 1.82) is 0 Å². The van der Waals surface area contributed by atoms with E-state index in [0.29, 0.717) is 0 Å². The van der Waals surface area contributed by atoms with Gasteiger partial charge < -0.3 is 15.2 Å². The third kappa shape index (κ3) is 3.53. The fourth-order valence-corrected chi connectivity index (χ4v) is 2.93. The van der Waals surface area contributed by atoms with Crippen LogP contribution in [0.15, 0.2) is 18.2 Å². The molecule has 116 valence electrons. The predicted octanol–water partition coefficient (Wildman–Crippen LogP) is 2.65. The molecule has 5 heteroatoms. The maximum absolute atomic E-state index is 13.7. The van der Waals surface area contributed by atoms with Crippen molar-refractivity contribution >= 4 is 5.91 Å². The molecule has 0 bridgehead atoms. The molecule has 1 aliphatic carbocycles. The normalized spacial score (nSPS) is 17.9. The standard InChI is InChI=1S/C16H22FNO3/c1-21-14-12(7-6-8-13(14)17)15(20)18-16(11-19)9-4-2-3-5-10-16/h6-8,19H,2-5,9-11H2,1H3,(H,18,20). The maximum Gasteiger partial charge on any atom is 0.255 e. The van der Waals surface area contributed by atoms with Crippen LogP contribution in [0.2, 0.25) is 0 Å². The highest BCUT2D eigenvalue weighted by atomic mass is 19.1. The van der Waals surface area contributed by atoms with Crippen molar-refractivity contribution in [3.8, 4) is 5.75 Å². The maximum atomic E-state index is 13.7. The van der Waals surface area contributed by atoms with Gasteiger partial charge in [0.2, 0.25) is 0 Å². The molecule has 1 fully saturated rings. The topological polar surface area (TPSA) is 58.6 Å². The van der Waals surface area contributed by atoms with E-state index >= 15 is 0 Å². The summed E-state index contributed by atoms with van der Waals surface area (Å²) in [6.07, 6.45) is 5.66. The van der Waals surface area contributed by atoms with Crippen LogP contribution in [-0.4, -0.2) is 30.3 Å². The summed E-state index contributed by atoms with van der Waals surface area (Å²) in [4.78, 5) is 12.5. The zero-order valence-corrected chi connectivity index (χ0v) is 12.3. The molecule has 4 nitrogen and oxygen atoms in total. The summed E-state index contributed by atoms with van der Waals surface area (Å²) in [7, 11) is 1.34. The molecule has 1 aromatic carbocycles. The Labute approximate surface area is 124 Å². The first-order valence-corrected chi connectivity index (χ1v) is 7.38. The van der Waals surface area contributed by atoms with Gasteiger partial charge in [0.25, 0.3) is 5.91 Å².